The van der Waals surface area contributed by atoms with E-state index in [2.05, 4.69) is 0 Å². The second-order valence-electron chi connectivity index (χ2n) is 4.35. The maximum absolute atomic E-state index is 11.9. The summed E-state index contributed by atoms with van der Waals surface area (Å²) in [4.78, 5) is 11.9. The fraction of sp³-hybridized carbons (Fsp3) is 0.125. The molecule has 0 aliphatic carbocycles. The molecule has 0 heterocycles. The highest BCUT2D eigenvalue weighted by molar-refractivity contribution is 5.91. The van der Waals surface area contributed by atoms with Gasteiger partial charge in [0.2, 0.25) is 0 Å². The molecule has 94 valence electrons. The minimum atomic E-state index is -0.420. The summed E-state index contributed by atoms with van der Waals surface area (Å²) in [7, 11) is 0. The highest BCUT2D eigenvalue weighted by Gasteiger charge is 2.10. The molecule has 0 spiro atoms. The molecule has 0 aromatic heterocycles. The predicted octanol–water partition coefficient (Wildman–Crippen LogP) is 3.39. The Morgan fingerprint density at radius 2 is 1.79 bits per heavy atom. The zero-order chi connectivity index (χ0) is 13.8. The van der Waals surface area contributed by atoms with Crippen LogP contribution in [-0.4, -0.2) is 5.97 Å². The molecule has 0 saturated carbocycles. The van der Waals surface area contributed by atoms with Gasteiger partial charge in [-0.2, -0.15) is 5.26 Å². The minimum absolute atomic E-state index is 0.420. The minimum Gasteiger partial charge on any atom is -0.423 e. The first-order valence-corrected chi connectivity index (χ1v) is 5.90. The second-order valence-corrected chi connectivity index (χ2v) is 4.35. The van der Waals surface area contributed by atoms with Crippen molar-refractivity contribution in [1.82, 2.24) is 0 Å². The molecule has 2 aromatic rings. The Balaban J connectivity index is 2.18. The highest BCUT2D eigenvalue weighted by Crippen LogP contribution is 2.20. The van der Waals surface area contributed by atoms with Gasteiger partial charge in [-0.1, -0.05) is 17.7 Å². The largest absolute Gasteiger partial charge is 0.423 e. The van der Waals surface area contributed by atoms with Crippen molar-refractivity contribution in [2.75, 3.05) is 0 Å². The number of carbonyl (C=O) groups is 1. The summed E-state index contributed by atoms with van der Waals surface area (Å²) in [6, 6.07) is 14.0. The molecule has 2 rings (SSSR count). The molecule has 2 aromatic carbocycles. The molecule has 0 unspecified atom stereocenters. The highest BCUT2D eigenvalue weighted by atomic mass is 16.5. The number of rotatable bonds is 2. The van der Waals surface area contributed by atoms with Crippen LogP contribution in [0.3, 0.4) is 0 Å². The standard InChI is InChI=1S/C16H13NO2/c1-11-3-8-15(12(2)9-11)19-16(18)14-6-4-13(10-17)5-7-14/h3-9H,1-2H3. The molecule has 3 heteroatoms. The van der Waals surface area contributed by atoms with Crippen LogP contribution in [0, 0.1) is 25.2 Å². The molecule has 0 atom stereocenters. The lowest BCUT2D eigenvalue weighted by molar-refractivity contribution is 0.0733. The van der Waals surface area contributed by atoms with E-state index < -0.39 is 5.97 Å². The number of benzene rings is 2. The van der Waals surface area contributed by atoms with Crippen LogP contribution in [0.1, 0.15) is 27.0 Å². The lowest BCUT2D eigenvalue weighted by atomic mass is 10.1. The Kier molecular flexibility index (Phi) is 3.63. The first-order chi connectivity index (χ1) is 9.10. The average molecular weight is 251 g/mol. The van der Waals surface area contributed by atoms with Crippen LogP contribution in [0.2, 0.25) is 0 Å². The summed E-state index contributed by atoms with van der Waals surface area (Å²) in [5.41, 5.74) is 2.99. The summed E-state index contributed by atoms with van der Waals surface area (Å²) < 4.78 is 5.34. The fourth-order valence-electron chi connectivity index (χ4n) is 1.75. The van der Waals surface area contributed by atoms with Gasteiger partial charge in [0, 0.05) is 0 Å². The fourth-order valence-corrected chi connectivity index (χ4v) is 1.75. The number of nitrogens with zero attached hydrogens (tertiary/aromatic N) is 1. The van der Waals surface area contributed by atoms with Crippen LogP contribution in [0.15, 0.2) is 42.5 Å². The van der Waals surface area contributed by atoms with Gasteiger partial charge in [-0.15, -0.1) is 0 Å². The van der Waals surface area contributed by atoms with Gasteiger partial charge in [-0.25, -0.2) is 4.79 Å². The van der Waals surface area contributed by atoms with Crippen LogP contribution in [-0.2, 0) is 0 Å². The molecular weight excluding hydrogens is 238 g/mol. The van der Waals surface area contributed by atoms with Crippen LogP contribution >= 0.6 is 0 Å². The summed E-state index contributed by atoms with van der Waals surface area (Å²) in [6.07, 6.45) is 0. The van der Waals surface area contributed by atoms with Gasteiger partial charge < -0.3 is 4.74 Å². The molecule has 0 fully saturated rings. The van der Waals surface area contributed by atoms with E-state index in [1.807, 2.05) is 32.0 Å². The Morgan fingerprint density at radius 3 is 2.37 bits per heavy atom. The van der Waals surface area contributed by atoms with E-state index in [0.717, 1.165) is 11.1 Å². The Bertz CT molecular complexity index is 651. The zero-order valence-corrected chi connectivity index (χ0v) is 10.8. The Labute approximate surface area is 112 Å². The Hall–Kier alpha value is -2.60. The Morgan fingerprint density at radius 1 is 1.11 bits per heavy atom. The monoisotopic (exact) mass is 251 g/mol. The molecule has 0 bridgehead atoms. The van der Waals surface area contributed by atoms with Crippen molar-refractivity contribution in [3.8, 4) is 11.8 Å². The van der Waals surface area contributed by atoms with E-state index in [-0.39, 0.29) is 0 Å². The third-order valence-electron chi connectivity index (χ3n) is 2.78. The topological polar surface area (TPSA) is 50.1 Å². The molecule has 19 heavy (non-hydrogen) atoms. The number of aryl methyl sites for hydroxylation is 2. The van der Waals surface area contributed by atoms with Crippen molar-refractivity contribution < 1.29 is 9.53 Å². The molecular formula is C16H13NO2. The molecule has 0 aliphatic rings. The zero-order valence-electron chi connectivity index (χ0n) is 10.8. The summed E-state index contributed by atoms with van der Waals surface area (Å²) >= 11 is 0. The van der Waals surface area contributed by atoms with Gasteiger partial charge in [0.25, 0.3) is 0 Å². The second kappa shape index (κ2) is 5.36. The van der Waals surface area contributed by atoms with Crippen LogP contribution in [0.25, 0.3) is 0 Å². The lowest BCUT2D eigenvalue weighted by Crippen LogP contribution is -2.09. The van der Waals surface area contributed by atoms with Gasteiger partial charge >= 0.3 is 5.97 Å². The SMILES string of the molecule is Cc1ccc(OC(=O)c2ccc(C#N)cc2)c(C)c1. The third kappa shape index (κ3) is 2.99. The van der Waals surface area contributed by atoms with Gasteiger partial charge in [-0.05, 0) is 49.7 Å². The lowest BCUT2D eigenvalue weighted by Gasteiger charge is -2.08. The van der Waals surface area contributed by atoms with E-state index in [1.165, 1.54) is 0 Å². The van der Waals surface area contributed by atoms with Crippen molar-refractivity contribution >= 4 is 5.97 Å². The number of ether oxygens (including phenoxy) is 1. The van der Waals surface area contributed by atoms with Crippen molar-refractivity contribution in [3.63, 3.8) is 0 Å². The van der Waals surface area contributed by atoms with E-state index >= 15 is 0 Å². The predicted molar refractivity (Wildman–Crippen MR) is 72.0 cm³/mol. The van der Waals surface area contributed by atoms with Crippen LogP contribution in [0.5, 0.6) is 5.75 Å². The van der Waals surface area contributed by atoms with Crippen molar-refractivity contribution in [3.05, 3.63) is 64.7 Å². The average Bonchev–Trinajstić information content (AvgIpc) is 2.42. The quantitative estimate of drug-likeness (QED) is 0.607. The van der Waals surface area contributed by atoms with E-state index in [9.17, 15) is 4.79 Å². The molecule has 0 amide bonds. The maximum Gasteiger partial charge on any atom is 0.343 e. The van der Waals surface area contributed by atoms with Crippen LogP contribution in [0.4, 0.5) is 0 Å². The van der Waals surface area contributed by atoms with Crippen molar-refractivity contribution in [2.24, 2.45) is 0 Å². The number of nitriles is 1. The van der Waals surface area contributed by atoms with E-state index in [0.29, 0.717) is 16.9 Å². The first kappa shape index (κ1) is 12.8. The number of hydrogen-bond donors (Lipinski definition) is 0. The van der Waals surface area contributed by atoms with Crippen LogP contribution < -0.4 is 4.74 Å². The molecule has 0 N–H and O–H groups in total. The molecule has 3 nitrogen and oxygen atoms in total. The molecule has 0 saturated heterocycles. The molecule has 0 aliphatic heterocycles. The van der Waals surface area contributed by atoms with Gasteiger partial charge in [0.1, 0.15) is 5.75 Å². The smallest absolute Gasteiger partial charge is 0.343 e. The normalized spacial score (nSPS) is 9.74. The number of hydrogen-bond acceptors (Lipinski definition) is 3. The van der Waals surface area contributed by atoms with Gasteiger partial charge in [-0.3, -0.25) is 0 Å². The van der Waals surface area contributed by atoms with Crippen molar-refractivity contribution in [1.29, 1.82) is 5.26 Å². The van der Waals surface area contributed by atoms with E-state index in [4.69, 9.17) is 10.00 Å². The number of esters is 1. The summed E-state index contributed by atoms with van der Waals surface area (Å²) in [5, 5.41) is 8.70. The summed E-state index contributed by atoms with van der Waals surface area (Å²) in [5.74, 6) is 0.136. The molecule has 0 radical (unpaired) electrons. The first-order valence-electron chi connectivity index (χ1n) is 5.90. The third-order valence-corrected chi connectivity index (χ3v) is 2.78. The van der Waals surface area contributed by atoms with Gasteiger partial charge in [0.15, 0.2) is 0 Å². The summed E-state index contributed by atoms with van der Waals surface area (Å²) in [6.45, 7) is 3.88. The van der Waals surface area contributed by atoms with Gasteiger partial charge in [0.05, 0.1) is 17.2 Å². The van der Waals surface area contributed by atoms with E-state index in [1.54, 1.807) is 30.3 Å². The number of carbonyl (C=O) groups excluding carboxylic acids is 1. The van der Waals surface area contributed by atoms with Crippen molar-refractivity contribution in [2.45, 2.75) is 13.8 Å². The maximum atomic E-state index is 11.9.